The van der Waals surface area contributed by atoms with Crippen LogP contribution in [-0.2, 0) is 0 Å². The standard InChI is InChI=1S/C16H32N4/c1-14-5-4-10-20(13-14)16(17-2)18-9-6-15-7-11-19(3)12-8-15/h14-15H,4-13H2,1-3H3,(H,17,18). The fourth-order valence-corrected chi connectivity index (χ4v) is 3.45. The molecule has 2 fully saturated rings. The topological polar surface area (TPSA) is 30.9 Å². The van der Waals surface area contributed by atoms with E-state index in [1.165, 1.54) is 45.2 Å². The van der Waals surface area contributed by atoms with Crippen LogP contribution in [0.2, 0.25) is 0 Å². The van der Waals surface area contributed by atoms with E-state index in [2.05, 4.69) is 34.1 Å². The van der Waals surface area contributed by atoms with Gasteiger partial charge in [-0.2, -0.15) is 0 Å². The molecular weight excluding hydrogens is 248 g/mol. The zero-order chi connectivity index (χ0) is 14.4. The van der Waals surface area contributed by atoms with Gasteiger partial charge >= 0.3 is 0 Å². The molecule has 1 unspecified atom stereocenters. The Morgan fingerprint density at radius 2 is 1.95 bits per heavy atom. The van der Waals surface area contributed by atoms with E-state index in [0.717, 1.165) is 37.4 Å². The van der Waals surface area contributed by atoms with Crippen LogP contribution < -0.4 is 5.32 Å². The Balaban J connectivity index is 1.69. The molecule has 0 aromatic carbocycles. The normalized spacial score (nSPS) is 26.9. The smallest absolute Gasteiger partial charge is 0.193 e. The van der Waals surface area contributed by atoms with Gasteiger partial charge in [-0.3, -0.25) is 4.99 Å². The molecule has 0 bridgehead atoms. The van der Waals surface area contributed by atoms with Crippen LogP contribution in [-0.4, -0.2) is 62.6 Å². The van der Waals surface area contributed by atoms with Crippen LogP contribution in [0, 0.1) is 11.8 Å². The second-order valence-corrected chi connectivity index (χ2v) is 6.70. The van der Waals surface area contributed by atoms with Crippen LogP contribution in [0.1, 0.15) is 39.0 Å². The second kappa shape index (κ2) is 7.87. The van der Waals surface area contributed by atoms with Gasteiger partial charge in [0.25, 0.3) is 0 Å². The number of hydrogen-bond acceptors (Lipinski definition) is 2. The molecule has 1 N–H and O–H groups in total. The number of guanidine groups is 1. The third-order valence-electron chi connectivity index (χ3n) is 4.84. The minimum atomic E-state index is 0.802. The lowest BCUT2D eigenvalue weighted by molar-refractivity contribution is 0.212. The lowest BCUT2D eigenvalue weighted by Crippen LogP contribution is -2.46. The third kappa shape index (κ3) is 4.65. The largest absolute Gasteiger partial charge is 0.356 e. The predicted molar refractivity (Wildman–Crippen MR) is 86.2 cm³/mol. The van der Waals surface area contributed by atoms with E-state index in [1.807, 2.05) is 7.05 Å². The molecule has 116 valence electrons. The second-order valence-electron chi connectivity index (χ2n) is 6.70. The number of nitrogens with zero attached hydrogens (tertiary/aromatic N) is 3. The Morgan fingerprint density at radius 1 is 1.20 bits per heavy atom. The minimum absolute atomic E-state index is 0.802. The fourth-order valence-electron chi connectivity index (χ4n) is 3.45. The van der Waals surface area contributed by atoms with Gasteiger partial charge in [-0.1, -0.05) is 6.92 Å². The SMILES string of the molecule is CN=C(NCCC1CCN(C)CC1)N1CCCC(C)C1. The summed E-state index contributed by atoms with van der Waals surface area (Å²) < 4.78 is 0. The first-order chi connectivity index (χ1) is 9.69. The van der Waals surface area contributed by atoms with Gasteiger partial charge < -0.3 is 15.1 Å². The Hall–Kier alpha value is -0.770. The zero-order valence-corrected chi connectivity index (χ0v) is 13.6. The average Bonchev–Trinajstić information content (AvgIpc) is 2.45. The molecule has 4 nitrogen and oxygen atoms in total. The molecule has 0 amide bonds. The summed E-state index contributed by atoms with van der Waals surface area (Å²) >= 11 is 0. The summed E-state index contributed by atoms with van der Waals surface area (Å²) in [7, 11) is 4.14. The summed E-state index contributed by atoms with van der Waals surface area (Å²) in [5.41, 5.74) is 0. The molecule has 1 atom stereocenters. The highest BCUT2D eigenvalue weighted by molar-refractivity contribution is 5.79. The van der Waals surface area contributed by atoms with Crippen molar-refractivity contribution in [2.45, 2.75) is 39.0 Å². The summed E-state index contributed by atoms with van der Waals surface area (Å²) in [6, 6.07) is 0. The molecule has 0 aromatic rings. The molecule has 2 heterocycles. The van der Waals surface area contributed by atoms with E-state index in [1.54, 1.807) is 0 Å². The van der Waals surface area contributed by atoms with Crippen LogP contribution in [0.25, 0.3) is 0 Å². The molecule has 0 saturated carbocycles. The number of likely N-dealkylation sites (tertiary alicyclic amines) is 2. The maximum Gasteiger partial charge on any atom is 0.193 e. The highest BCUT2D eigenvalue weighted by Gasteiger charge is 2.20. The van der Waals surface area contributed by atoms with Crippen molar-refractivity contribution in [1.82, 2.24) is 15.1 Å². The first kappa shape index (κ1) is 15.6. The van der Waals surface area contributed by atoms with Gasteiger partial charge in [0.05, 0.1) is 0 Å². The fraction of sp³-hybridized carbons (Fsp3) is 0.938. The molecule has 2 rings (SSSR count). The van der Waals surface area contributed by atoms with E-state index in [0.29, 0.717) is 0 Å². The van der Waals surface area contributed by atoms with Crippen molar-refractivity contribution in [2.24, 2.45) is 16.8 Å². The van der Waals surface area contributed by atoms with E-state index in [9.17, 15) is 0 Å². The van der Waals surface area contributed by atoms with Gasteiger partial charge in [-0.15, -0.1) is 0 Å². The quantitative estimate of drug-likeness (QED) is 0.634. The zero-order valence-electron chi connectivity index (χ0n) is 13.6. The van der Waals surface area contributed by atoms with Gasteiger partial charge in [0.1, 0.15) is 0 Å². The monoisotopic (exact) mass is 280 g/mol. The van der Waals surface area contributed by atoms with Crippen molar-refractivity contribution >= 4 is 5.96 Å². The molecule has 0 aliphatic carbocycles. The van der Waals surface area contributed by atoms with Crippen LogP contribution >= 0.6 is 0 Å². The summed E-state index contributed by atoms with van der Waals surface area (Å²) in [6.07, 6.45) is 6.67. The van der Waals surface area contributed by atoms with Crippen LogP contribution in [0.5, 0.6) is 0 Å². The predicted octanol–water partition coefficient (Wildman–Crippen LogP) is 2.03. The van der Waals surface area contributed by atoms with E-state index in [-0.39, 0.29) is 0 Å². The van der Waals surface area contributed by atoms with Gasteiger partial charge in [0.15, 0.2) is 5.96 Å². The van der Waals surface area contributed by atoms with Gasteiger partial charge in [-0.05, 0) is 64.1 Å². The Bertz CT molecular complexity index is 308. The van der Waals surface area contributed by atoms with Gasteiger partial charge in [0, 0.05) is 26.7 Å². The van der Waals surface area contributed by atoms with Crippen molar-refractivity contribution in [3.8, 4) is 0 Å². The Labute approximate surface area is 124 Å². The van der Waals surface area contributed by atoms with Crippen molar-refractivity contribution in [3.63, 3.8) is 0 Å². The number of nitrogens with one attached hydrogen (secondary N) is 1. The van der Waals surface area contributed by atoms with E-state index in [4.69, 9.17) is 0 Å². The van der Waals surface area contributed by atoms with Gasteiger partial charge in [0.2, 0.25) is 0 Å². The molecule has 0 spiro atoms. The number of hydrogen-bond donors (Lipinski definition) is 1. The number of piperidine rings is 2. The van der Waals surface area contributed by atoms with Crippen molar-refractivity contribution in [1.29, 1.82) is 0 Å². The number of rotatable bonds is 3. The van der Waals surface area contributed by atoms with Crippen LogP contribution in [0.4, 0.5) is 0 Å². The first-order valence-corrected chi connectivity index (χ1v) is 8.33. The van der Waals surface area contributed by atoms with E-state index < -0.39 is 0 Å². The summed E-state index contributed by atoms with van der Waals surface area (Å²) in [5, 5.41) is 3.58. The summed E-state index contributed by atoms with van der Waals surface area (Å²) in [4.78, 5) is 9.34. The maximum absolute atomic E-state index is 4.46. The molecule has 2 saturated heterocycles. The molecule has 20 heavy (non-hydrogen) atoms. The third-order valence-corrected chi connectivity index (χ3v) is 4.84. The Kier molecular flexibility index (Phi) is 6.14. The maximum atomic E-state index is 4.46. The highest BCUT2D eigenvalue weighted by atomic mass is 15.3. The van der Waals surface area contributed by atoms with Crippen molar-refractivity contribution < 1.29 is 0 Å². The van der Waals surface area contributed by atoms with Crippen LogP contribution in [0.3, 0.4) is 0 Å². The molecule has 4 heteroatoms. The van der Waals surface area contributed by atoms with Crippen LogP contribution in [0.15, 0.2) is 4.99 Å². The van der Waals surface area contributed by atoms with Crippen molar-refractivity contribution in [2.75, 3.05) is 46.8 Å². The molecule has 2 aliphatic rings. The summed E-state index contributed by atoms with van der Waals surface area (Å²) in [6.45, 7) is 8.28. The molecule has 2 aliphatic heterocycles. The Morgan fingerprint density at radius 3 is 2.60 bits per heavy atom. The lowest BCUT2D eigenvalue weighted by atomic mass is 9.94. The minimum Gasteiger partial charge on any atom is -0.356 e. The average molecular weight is 280 g/mol. The molecular formula is C16H32N4. The summed E-state index contributed by atoms with van der Waals surface area (Å²) in [5.74, 6) is 2.82. The lowest BCUT2D eigenvalue weighted by Gasteiger charge is -2.34. The van der Waals surface area contributed by atoms with Crippen molar-refractivity contribution in [3.05, 3.63) is 0 Å². The first-order valence-electron chi connectivity index (χ1n) is 8.33. The molecule has 0 aromatic heterocycles. The molecule has 0 radical (unpaired) electrons. The van der Waals surface area contributed by atoms with Gasteiger partial charge in [-0.25, -0.2) is 0 Å². The number of aliphatic imine (C=N–C) groups is 1. The highest BCUT2D eigenvalue weighted by Crippen LogP contribution is 2.19. The van der Waals surface area contributed by atoms with E-state index >= 15 is 0 Å².